The number of carbonyl (C=O) groups is 1. The van der Waals surface area contributed by atoms with E-state index < -0.39 is 15.6 Å². The average molecular weight is 434 g/mol. The summed E-state index contributed by atoms with van der Waals surface area (Å²) < 4.78 is 2.75. The SMILES string of the molecule is O=C(c1cn(Cc2ccc([N+](=O)[O-])cc2)nn1)c1cn(Cc2ccccc2[N+](=O)[O-])nn1. The van der Waals surface area contributed by atoms with Crippen LogP contribution in [-0.2, 0) is 13.1 Å². The minimum absolute atomic E-state index is 0.0194. The number of nitro benzene ring substituents is 2. The predicted molar refractivity (Wildman–Crippen MR) is 108 cm³/mol. The fourth-order valence-electron chi connectivity index (χ4n) is 3.00. The Morgan fingerprint density at radius 2 is 1.41 bits per heavy atom. The molecule has 2 heterocycles. The summed E-state index contributed by atoms with van der Waals surface area (Å²) >= 11 is 0. The summed E-state index contributed by atoms with van der Waals surface area (Å²) in [5.41, 5.74) is 1.16. The van der Waals surface area contributed by atoms with Crippen molar-refractivity contribution >= 4 is 17.2 Å². The summed E-state index contributed by atoms with van der Waals surface area (Å²) in [5.74, 6) is -0.506. The van der Waals surface area contributed by atoms with Gasteiger partial charge in [-0.2, -0.15) is 0 Å². The van der Waals surface area contributed by atoms with E-state index in [1.807, 2.05) is 0 Å². The third-order valence-corrected chi connectivity index (χ3v) is 4.55. The lowest BCUT2D eigenvalue weighted by atomic mass is 10.2. The molecule has 0 aliphatic rings. The Morgan fingerprint density at radius 1 is 0.812 bits per heavy atom. The van der Waals surface area contributed by atoms with Crippen molar-refractivity contribution in [2.45, 2.75) is 13.1 Å². The molecule has 0 saturated heterocycles. The summed E-state index contributed by atoms with van der Waals surface area (Å²) in [4.78, 5) is 33.6. The molecule has 4 rings (SSSR count). The molecule has 32 heavy (non-hydrogen) atoms. The second-order valence-electron chi connectivity index (χ2n) is 6.74. The molecule has 0 amide bonds. The highest BCUT2D eigenvalue weighted by molar-refractivity contribution is 6.05. The number of nitro groups is 2. The number of nitrogens with zero attached hydrogens (tertiary/aromatic N) is 8. The topological polar surface area (TPSA) is 165 Å². The largest absolute Gasteiger partial charge is 0.285 e. The van der Waals surface area contributed by atoms with Gasteiger partial charge in [-0.1, -0.05) is 40.8 Å². The number of rotatable bonds is 8. The molecule has 0 aliphatic carbocycles. The van der Waals surface area contributed by atoms with Crippen LogP contribution in [0.5, 0.6) is 0 Å². The van der Waals surface area contributed by atoms with Crippen molar-refractivity contribution in [2.24, 2.45) is 0 Å². The van der Waals surface area contributed by atoms with Crippen LogP contribution < -0.4 is 0 Å². The highest BCUT2D eigenvalue weighted by Gasteiger charge is 2.19. The molecule has 0 aliphatic heterocycles. The summed E-state index contributed by atoms with van der Waals surface area (Å²) in [6.45, 7) is 0.340. The van der Waals surface area contributed by atoms with Gasteiger partial charge in [0.25, 0.3) is 11.4 Å². The van der Waals surface area contributed by atoms with Gasteiger partial charge >= 0.3 is 0 Å². The van der Waals surface area contributed by atoms with Gasteiger partial charge in [0.2, 0.25) is 5.78 Å². The van der Waals surface area contributed by atoms with Gasteiger partial charge in [0.1, 0.15) is 0 Å². The molecule has 0 fully saturated rings. The van der Waals surface area contributed by atoms with E-state index in [0.717, 1.165) is 5.56 Å². The van der Waals surface area contributed by atoms with Crippen LogP contribution in [0.15, 0.2) is 60.9 Å². The van der Waals surface area contributed by atoms with Crippen molar-refractivity contribution in [1.29, 1.82) is 0 Å². The van der Waals surface area contributed by atoms with Crippen molar-refractivity contribution < 1.29 is 14.6 Å². The van der Waals surface area contributed by atoms with E-state index in [9.17, 15) is 25.0 Å². The Labute approximate surface area is 179 Å². The maximum atomic E-state index is 12.7. The molecule has 0 radical (unpaired) electrons. The third-order valence-electron chi connectivity index (χ3n) is 4.55. The average Bonchev–Trinajstić information content (AvgIpc) is 3.44. The highest BCUT2D eigenvalue weighted by atomic mass is 16.6. The van der Waals surface area contributed by atoms with Gasteiger partial charge in [0.15, 0.2) is 11.4 Å². The first-order valence-electron chi connectivity index (χ1n) is 9.21. The van der Waals surface area contributed by atoms with Crippen molar-refractivity contribution in [3.63, 3.8) is 0 Å². The Morgan fingerprint density at radius 3 is 2.00 bits per heavy atom. The van der Waals surface area contributed by atoms with E-state index in [4.69, 9.17) is 0 Å². The van der Waals surface area contributed by atoms with Gasteiger partial charge in [0.05, 0.1) is 40.9 Å². The normalized spacial score (nSPS) is 10.8. The lowest BCUT2D eigenvalue weighted by Gasteiger charge is -2.01. The van der Waals surface area contributed by atoms with Crippen LogP contribution >= 0.6 is 0 Å². The third kappa shape index (κ3) is 4.35. The molecule has 0 saturated carbocycles. The standard InChI is InChI=1S/C19H14N8O5/c28-19(16-11-24(22-20-16)9-13-5-7-15(8-6-13)26(29)30)17-12-25(23-21-17)10-14-3-1-2-4-18(14)27(31)32/h1-8,11-12H,9-10H2. The molecule has 0 N–H and O–H groups in total. The fraction of sp³-hybridized carbons (Fsp3) is 0.105. The van der Waals surface area contributed by atoms with Crippen molar-refractivity contribution in [3.8, 4) is 0 Å². The van der Waals surface area contributed by atoms with Crippen LogP contribution in [0.4, 0.5) is 11.4 Å². The number of ketones is 1. The zero-order valence-corrected chi connectivity index (χ0v) is 16.3. The van der Waals surface area contributed by atoms with Gasteiger partial charge in [-0.25, -0.2) is 9.36 Å². The molecule has 0 unspecified atom stereocenters. The number of hydrogen-bond donors (Lipinski definition) is 0. The summed E-state index contributed by atoms with van der Waals surface area (Å²) in [6.07, 6.45) is 2.82. The molecule has 160 valence electrons. The van der Waals surface area contributed by atoms with Gasteiger partial charge in [0, 0.05) is 18.2 Å². The number of hydrogen-bond acceptors (Lipinski definition) is 9. The predicted octanol–water partition coefficient (Wildman–Crippen LogP) is 2.01. The number of benzene rings is 2. The fourth-order valence-corrected chi connectivity index (χ4v) is 3.00. The van der Waals surface area contributed by atoms with Crippen LogP contribution in [0.3, 0.4) is 0 Å². The first kappa shape index (κ1) is 20.5. The Hall–Kier alpha value is -4.81. The quantitative estimate of drug-likeness (QED) is 0.229. The van der Waals surface area contributed by atoms with E-state index in [1.165, 1.54) is 40.0 Å². The minimum Gasteiger partial charge on any atom is -0.285 e. The van der Waals surface area contributed by atoms with Crippen molar-refractivity contribution in [1.82, 2.24) is 30.0 Å². The molecule has 4 aromatic rings. The summed E-state index contributed by atoms with van der Waals surface area (Å²) in [7, 11) is 0. The second kappa shape index (κ2) is 8.51. The number of aromatic nitrogens is 6. The Balaban J connectivity index is 1.46. The molecule has 2 aromatic carbocycles. The molecule has 0 spiro atoms. The van der Waals surface area contributed by atoms with Crippen LogP contribution in [-0.4, -0.2) is 45.6 Å². The molecule has 13 heteroatoms. The smallest absolute Gasteiger partial charge is 0.274 e. The first-order valence-corrected chi connectivity index (χ1v) is 9.21. The number of carbonyl (C=O) groups excluding carboxylic acids is 1. The molecule has 13 nitrogen and oxygen atoms in total. The maximum Gasteiger partial charge on any atom is 0.274 e. The molecule has 0 atom stereocenters. The molecule has 0 bridgehead atoms. The van der Waals surface area contributed by atoms with Gasteiger partial charge in [-0.3, -0.25) is 25.0 Å². The van der Waals surface area contributed by atoms with E-state index in [2.05, 4.69) is 20.6 Å². The summed E-state index contributed by atoms with van der Waals surface area (Å²) in [6, 6.07) is 12.2. The van der Waals surface area contributed by atoms with E-state index in [-0.39, 0.29) is 35.9 Å². The molecular formula is C19H14N8O5. The minimum atomic E-state index is -0.506. The summed E-state index contributed by atoms with van der Waals surface area (Å²) in [5, 5.41) is 37.3. The number of non-ortho nitro benzene ring substituents is 1. The zero-order valence-electron chi connectivity index (χ0n) is 16.3. The maximum absolute atomic E-state index is 12.7. The van der Waals surface area contributed by atoms with Crippen molar-refractivity contribution in [2.75, 3.05) is 0 Å². The van der Waals surface area contributed by atoms with Crippen LogP contribution in [0.1, 0.15) is 27.3 Å². The van der Waals surface area contributed by atoms with E-state index >= 15 is 0 Å². The lowest BCUT2D eigenvalue weighted by molar-refractivity contribution is -0.385. The van der Waals surface area contributed by atoms with Gasteiger partial charge in [-0.05, 0) is 5.56 Å². The first-order chi connectivity index (χ1) is 15.4. The highest BCUT2D eigenvalue weighted by Crippen LogP contribution is 2.19. The lowest BCUT2D eigenvalue weighted by Crippen LogP contribution is -2.04. The molecule has 2 aromatic heterocycles. The van der Waals surface area contributed by atoms with Crippen LogP contribution in [0.25, 0.3) is 0 Å². The molecular weight excluding hydrogens is 420 g/mol. The zero-order chi connectivity index (χ0) is 22.7. The van der Waals surface area contributed by atoms with Crippen LogP contribution in [0, 0.1) is 20.2 Å². The monoisotopic (exact) mass is 434 g/mol. The Kier molecular flexibility index (Phi) is 5.44. The number of para-hydroxylation sites is 1. The Bertz CT molecular complexity index is 1310. The second-order valence-corrected chi connectivity index (χ2v) is 6.74. The van der Waals surface area contributed by atoms with Crippen molar-refractivity contribution in [3.05, 3.63) is 104 Å². The van der Waals surface area contributed by atoms with E-state index in [0.29, 0.717) is 5.56 Å². The van der Waals surface area contributed by atoms with Crippen LogP contribution in [0.2, 0.25) is 0 Å². The van der Waals surface area contributed by atoms with Gasteiger partial charge in [-0.15, -0.1) is 10.2 Å². The van der Waals surface area contributed by atoms with Gasteiger partial charge < -0.3 is 0 Å². The van der Waals surface area contributed by atoms with E-state index in [1.54, 1.807) is 30.3 Å².